The molecular formula is C23H21B3S. The molecule has 0 atom stereocenters. The van der Waals surface area contributed by atoms with Gasteiger partial charge in [-0.15, -0.1) is 23.6 Å². The van der Waals surface area contributed by atoms with Gasteiger partial charge in [-0.25, -0.2) is 0 Å². The van der Waals surface area contributed by atoms with E-state index in [2.05, 4.69) is 39.0 Å². The fourth-order valence-corrected chi connectivity index (χ4v) is 4.38. The van der Waals surface area contributed by atoms with Crippen LogP contribution in [0.15, 0.2) is 35.2 Å². The van der Waals surface area contributed by atoms with Gasteiger partial charge in [-0.2, -0.15) is 0 Å². The molecule has 0 N–H and O–H groups in total. The highest BCUT2D eigenvalue weighted by molar-refractivity contribution is 7.80. The maximum absolute atomic E-state index is 6.30. The van der Waals surface area contributed by atoms with E-state index < -0.39 is 0 Å². The second-order valence-electron chi connectivity index (χ2n) is 7.41. The van der Waals surface area contributed by atoms with Gasteiger partial charge in [-0.3, -0.25) is 0 Å². The fraction of sp³-hybridized carbons (Fsp3) is 0.217. The van der Waals surface area contributed by atoms with E-state index in [1.807, 2.05) is 26.0 Å². The Labute approximate surface area is 172 Å². The SMILES string of the molecule is [B]c1cc(C)c(-c2cc(C)cc(-c3c(S)cc(C)c([B])c3C)c2)c(C)c1[B]. The van der Waals surface area contributed by atoms with Gasteiger partial charge < -0.3 is 0 Å². The van der Waals surface area contributed by atoms with Crippen LogP contribution in [0.3, 0.4) is 0 Å². The lowest BCUT2D eigenvalue weighted by Crippen LogP contribution is -2.29. The molecule has 0 saturated carbocycles. The second kappa shape index (κ2) is 7.32. The Balaban J connectivity index is 2.31. The molecule has 0 amide bonds. The van der Waals surface area contributed by atoms with Crippen LogP contribution in [0.5, 0.6) is 0 Å². The molecular weight excluding hydrogens is 341 g/mol. The zero-order valence-electron chi connectivity index (χ0n) is 16.6. The van der Waals surface area contributed by atoms with Gasteiger partial charge in [0.25, 0.3) is 0 Å². The molecule has 4 heteroatoms. The van der Waals surface area contributed by atoms with Crippen LogP contribution in [-0.2, 0) is 0 Å². The summed E-state index contributed by atoms with van der Waals surface area (Å²) >= 11 is 4.73. The first kappa shape index (κ1) is 20.0. The van der Waals surface area contributed by atoms with Crippen LogP contribution in [0.4, 0.5) is 0 Å². The molecule has 0 aliphatic carbocycles. The monoisotopic (exact) mass is 362 g/mol. The summed E-state index contributed by atoms with van der Waals surface area (Å²) in [6, 6.07) is 10.5. The Morgan fingerprint density at radius 3 is 1.81 bits per heavy atom. The highest BCUT2D eigenvalue weighted by Crippen LogP contribution is 2.35. The molecule has 0 aliphatic heterocycles. The predicted molar refractivity (Wildman–Crippen MR) is 124 cm³/mol. The lowest BCUT2D eigenvalue weighted by Gasteiger charge is -2.19. The Morgan fingerprint density at radius 1 is 0.630 bits per heavy atom. The van der Waals surface area contributed by atoms with Crippen molar-refractivity contribution in [1.82, 2.24) is 0 Å². The van der Waals surface area contributed by atoms with Gasteiger partial charge >= 0.3 is 0 Å². The number of hydrogen-bond acceptors (Lipinski definition) is 1. The van der Waals surface area contributed by atoms with Crippen molar-refractivity contribution in [1.29, 1.82) is 0 Å². The Bertz CT molecular complexity index is 986. The summed E-state index contributed by atoms with van der Waals surface area (Å²) in [4.78, 5) is 0.931. The molecule has 0 unspecified atom stereocenters. The molecule has 3 rings (SSSR count). The highest BCUT2D eigenvalue weighted by atomic mass is 32.1. The van der Waals surface area contributed by atoms with Crippen LogP contribution in [0.1, 0.15) is 27.8 Å². The van der Waals surface area contributed by atoms with E-state index >= 15 is 0 Å². The molecule has 0 aromatic heterocycles. The maximum atomic E-state index is 6.30. The summed E-state index contributed by atoms with van der Waals surface area (Å²) in [5.74, 6) is 0. The summed E-state index contributed by atoms with van der Waals surface area (Å²) in [7, 11) is 18.5. The van der Waals surface area contributed by atoms with Crippen molar-refractivity contribution in [2.45, 2.75) is 39.5 Å². The van der Waals surface area contributed by atoms with Crippen molar-refractivity contribution < 1.29 is 0 Å². The first-order valence-electron chi connectivity index (χ1n) is 8.98. The number of aryl methyl sites for hydroxylation is 3. The Kier molecular flexibility index (Phi) is 5.41. The smallest absolute Gasteiger partial charge is 0.114 e. The standard InChI is InChI=1S/C23H21B3S/c1-11-6-16(20-12(2)8-18(24)23(26)14(20)4)10-17(7-11)21-15(5)22(25)13(3)9-19(21)27/h6-10,27H,1-5H3. The van der Waals surface area contributed by atoms with Crippen LogP contribution >= 0.6 is 12.6 Å². The van der Waals surface area contributed by atoms with Gasteiger partial charge in [0, 0.05) is 4.90 Å². The van der Waals surface area contributed by atoms with Gasteiger partial charge in [0.2, 0.25) is 0 Å². The number of rotatable bonds is 2. The summed E-state index contributed by atoms with van der Waals surface area (Å²) in [5, 5.41) is 0. The van der Waals surface area contributed by atoms with Gasteiger partial charge in [0.15, 0.2) is 0 Å². The number of thiol groups is 1. The molecule has 3 aromatic rings. The van der Waals surface area contributed by atoms with E-state index in [4.69, 9.17) is 36.2 Å². The lowest BCUT2D eigenvalue weighted by molar-refractivity contribution is 1.32. The first-order valence-corrected chi connectivity index (χ1v) is 9.42. The largest absolute Gasteiger partial charge is 0.143 e. The van der Waals surface area contributed by atoms with Crippen molar-refractivity contribution in [3.63, 3.8) is 0 Å². The topological polar surface area (TPSA) is 0 Å². The quantitative estimate of drug-likeness (QED) is 0.526. The van der Waals surface area contributed by atoms with Gasteiger partial charge in [-0.1, -0.05) is 34.8 Å². The molecule has 0 nitrogen and oxygen atoms in total. The normalized spacial score (nSPS) is 11.0. The minimum absolute atomic E-state index is 0.626. The summed E-state index contributed by atoms with van der Waals surface area (Å²) in [5.41, 5.74) is 11.9. The Hall–Kier alpha value is -1.80. The van der Waals surface area contributed by atoms with Crippen LogP contribution < -0.4 is 16.4 Å². The fourth-order valence-electron chi connectivity index (χ4n) is 3.89. The average molecular weight is 362 g/mol. The summed E-state index contributed by atoms with van der Waals surface area (Å²) in [6.07, 6.45) is 0. The van der Waals surface area contributed by atoms with Crippen LogP contribution in [0.25, 0.3) is 22.3 Å². The summed E-state index contributed by atoms with van der Waals surface area (Å²) < 4.78 is 0. The molecule has 0 aliphatic rings. The molecule has 0 saturated heterocycles. The van der Waals surface area contributed by atoms with Gasteiger partial charge in [0.05, 0.1) is 0 Å². The molecule has 3 aromatic carbocycles. The molecule has 0 fully saturated rings. The van der Waals surface area contributed by atoms with Gasteiger partial charge in [0.1, 0.15) is 23.5 Å². The zero-order valence-corrected chi connectivity index (χ0v) is 17.5. The summed E-state index contributed by atoms with van der Waals surface area (Å²) in [6.45, 7) is 10.3. The predicted octanol–water partition coefficient (Wildman–Crippen LogP) is 3.23. The molecule has 27 heavy (non-hydrogen) atoms. The third kappa shape index (κ3) is 3.52. The maximum Gasteiger partial charge on any atom is 0.114 e. The zero-order chi connectivity index (χ0) is 20.0. The van der Waals surface area contributed by atoms with E-state index in [1.165, 1.54) is 5.56 Å². The third-order valence-electron chi connectivity index (χ3n) is 5.32. The van der Waals surface area contributed by atoms with E-state index in [9.17, 15) is 0 Å². The van der Waals surface area contributed by atoms with Crippen molar-refractivity contribution in [3.8, 4) is 22.3 Å². The van der Waals surface area contributed by atoms with Crippen molar-refractivity contribution in [2.75, 3.05) is 0 Å². The van der Waals surface area contributed by atoms with E-state index in [-0.39, 0.29) is 0 Å². The van der Waals surface area contributed by atoms with E-state index in [0.717, 1.165) is 54.9 Å². The first-order chi connectivity index (χ1) is 12.6. The lowest BCUT2D eigenvalue weighted by atomic mass is 9.74. The van der Waals surface area contributed by atoms with Crippen LogP contribution in [0, 0.1) is 34.6 Å². The van der Waals surface area contributed by atoms with Crippen molar-refractivity contribution in [2.24, 2.45) is 0 Å². The van der Waals surface area contributed by atoms with Crippen molar-refractivity contribution in [3.05, 3.63) is 58.1 Å². The number of hydrogen-bond donors (Lipinski definition) is 1. The molecule has 0 spiro atoms. The van der Waals surface area contributed by atoms with E-state index in [1.54, 1.807) is 0 Å². The highest BCUT2D eigenvalue weighted by Gasteiger charge is 2.15. The van der Waals surface area contributed by atoms with Crippen LogP contribution in [-0.4, -0.2) is 23.5 Å². The second-order valence-corrected chi connectivity index (χ2v) is 7.89. The molecule has 0 heterocycles. The molecule has 0 bridgehead atoms. The molecule has 128 valence electrons. The van der Waals surface area contributed by atoms with E-state index in [0.29, 0.717) is 10.9 Å². The Morgan fingerprint density at radius 2 is 1.19 bits per heavy atom. The minimum atomic E-state index is 0.626. The molecule has 6 radical (unpaired) electrons. The van der Waals surface area contributed by atoms with Crippen molar-refractivity contribution >= 4 is 52.6 Å². The minimum Gasteiger partial charge on any atom is -0.143 e. The van der Waals surface area contributed by atoms with Gasteiger partial charge in [-0.05, 0) is 85.7 Å². The van der Waals surface area contributed by atoms with Crippen LogP contribution in [0.2, 0.25) is 0 Å². The average Bonchev–Trinajstić information content (AvgIpc) is 2.57. The third-order valence-corrected chi connectivity index (χ3v) is 5.68. The number of benzene rings is 3.